The van der Waals surface area contributed by atoms with E-state index in [2.05, 4.69) is 12.2 Å². The Morgan fingerprint density at radius 3 is 2.69 bits per heavy atom. The third kappa shape index (κ3) is 4.88. The van der Waals surface area contributed by atoms with Gasteiger partial charge in [0.1, 0.15) is 0 Å². The molecule has 0 aliphatic rings. The zero-order valence-corrected chi connectivity index (χ0v) is 10.4. The Hall–Kier alpha value is -0.710. The molecule has 0 spiro atoms. The summed E-state index contributed by atoms with van der Waals surface area (Å²) >= 11 is 0. The highest BCUT2D eigenvalue weighted by Crippen LogP contribution is 2.06. The van der Waals surface area contributed by atoms with Gasteiger partial charge in [-0.1, -0.05) is 25.1 Å². The number of aliphatic hydroxyl groups excluding tert-OH is 1. The number of hydrogen-bond donors (Lipinski definition) is 2. The third-order valence-electron chi connectivity index (χ3n) is 2.16. The van der Waals surface area contributed by atoms with Crippen LogP contribution in [0.4, 0.5) is 0 Å². The van der Waals surface area contributed by atoms with Crippen LogP contribution in [0.1, 0.15) is 13.3 Å². The molecule has 0 saturated heterocycles. The number of hydrogen-bond acceptors (Lipinski definition) is 3. The quantitative estimate of drug-likeness (QED) is 0.704. The molecule has 2 unspecified atom stereocenters. The summed E-state index contributed by atoms with van der Waals surface area (Å²) in [5, 5.41) is 12.8. The third-order valence-corrected chi connectivity index (χ3v) is 3.64. The molecule has 0 bridgehead atoms. The van der Waals surface area contributed by atoms with Crippen molar-refractivity contribution in [1.29, 1.82) is 0 Å². The van der Waals surface area contributed by atoms with Crippen molar-refractivity contribution in [2.45, 2.75) is 24.3 Å². The first kappa shape index (κ1) is 13.4. The predicted octanol–water partition coefficient (Wildman–Crippen LogP) is 1.15. The van der Waals surface area contributed by atoms with Gasteiger partial charge in [-0.25, -0.2) is 0 Å². The second-order valence-electron chi connectivity index (χ2n) is 3.68. The number of nitrogens with one attached hydrogen (secondary N) is 1. The minimum absolute atomic E-state index is 0.292. The Morgan fingerprint density at radius 2 is 2.06 bits per heavy atom. The van der Waals surface area contributed by atoms with Crippen LogP contribution in [0.5, 0.6) is 0 Å². The molecule has 90 valence electrons. The highest BCUT2D eigenvalue weighted by Gasteiger charge is 2.10. The van der Waals surface area contributed by atoms with Crippen LogP contribution < -0.4 is 5.32 Å². The number of rotatable bonds is 7. The highest BCUT2D eigenvalue weighted by molar-refractivity contribution is 7.85. The van der Waals surface area contributed by atoms with Gasteiger partial charge < -0.3 is 10.4 Å². The summed E-state index contributed by atoms with van der Waals surface area (Å²) in [5.41, 5.74) is 0. The number of aliphatic hydroxyl groups is 1. The normalized spacial score (nSPS) is 14.6. The topological polar surface area (TPSA) is 49.3 Å². The molecule has 0 radical (unpaired) electrons. The average Bonchev–Trinajstić information content (AvgIpc) is 2.30. The van der Waals surface area contributed by atoms with Gasteiger partial charge in [0.15, 0.2) is 0 Å². The molecule has 1 aromatic carbocycles. The summed E-state index contributed by atoms with van der Waals surface area (Å²) in [4.78, 5) is 0.775. The maximum Gasteiger partial charge on any atom is 0.0783 e. The van der Waals surface area contributed by atoms with Crippen LogP contribution in [0.3, 0.4) is 0 Å². The van der Waals surface area contributed by atoms with Crippen molar-refractivity contribution in [1.82, 2.24) is 5.32 Å². The van der Waals surface area contributed by atoms with Crippen molar-refractivity contribution in [3.63, 3.8) is 0 Å². The van der Waals surface area contributed by atoms with Gasteiger partial charge in [0, 0.05) is 11.4 Å². The van der Waals surface area contributed by atoms with Crippen LogP contribution in [0.15, 0.2) is 35.2 Å². The van der Waals surface area contributed by atoms with Crippen LogP contribution in [0.2, 0.25) is 0 Å². The van der Waals surface area contributed by atoms with Crippen molar-refractivity contribution < 1.29 is 9.32 Å². The Kier molecular flexibility index (Phi) is 6.30. The van der Waals surface area contributed by atoms with E-state index in [0.717, 1.165) is 17.9 Å². The van der Waals surface area contributed by atoms with E-state index >= 15 is 0 Å². The largest absolute Gasteiger partial charge is 0.391 e. The van der Waals surface area contributed by atoms with E-state index in [0.29, 0.717) is 12.3 Å². The lowest BCUT2D eigenvalue weighted by atomic mass is 10.4. The van der Waals surface area contributed by atoms with Gasteiger partial charge >= 0.3 is 0 Å². The summed E-state index contributed by atoms with van der Waals surface area (Å²) < 4.78 is 11.8. The van der Waals surface area contributed by atoms with Gasteiger partial charge in [0.2, 0.25) is 0 Å². The van der Waals surface area contributed by atoms with Crippen LogP contribution in [0, 0.1) is 0 Å². The molecule has 0 saturated carbocycles. The molecule has 0 fully saturated rings. The summed E-state index contributed by atoms with van der Waals surface area (Å²) in [6.45, 7) is 3.46. The fraction of sp³-hybridized carbons (Fsp3) is 0.500. The molecule has 16 heavy (non-hydrogen) atoms. The second-order valence-corrected chi connectivity index (χ2v) is 5.18. The SMILES string of the molecule is CCCNCC(O)CS(=O)c1ccccc1. The minimum Gasteiger partial charge on any atom is -0.391 e. The molecule has 0 aliphatic carbocycles. The van der Waals surface area contributed by atoms with Gasteiger partial charge in [0.25, 0.3) is 0 Å². The first-order valence-electron chi connectivity index (χ1n) is 5.56. The van der Waals surface area contributed by atoms with E-state index in [1.54, 1.807) is 0 Å². The smallest absolute Gasteiger partial charge is 0.0783 e. The maximum atomic E-state index is 11.8. The summed E-state index contributed by atoms with van der Waals surface area (Å²) in [5.74, 6) is 0.292. The summed E-state index contributed by atoms with van der Waals surface area (Å²) in [6.07, 6.45) is 0.488. The van der Waals surface area contributed by atoms with Gasteiger partial charge in [0.05, 0.1) is 22.7 Å². The first-order chi connectivity index (χ1) is 7.74. The first-order valence-corrected chi connectivity index (χ1v) is 6.88. The van der Waals surface area contributed by atoms with E-state index in [-0.39, 0.29) is 0 Å². The van der Waals surface area contributed by atoms with Crippen molar-refractivity contribution in [2.75, 3.05) is 18.8 Å². The molecule has 2 atom stereocenters. The van der Waals surface area contributed by atoms with Crippen LogP contribution in [-0.4, -0.2) is 34.3 Å². The molecule has 3 nitrogen and oxygen atoms in total. The molecule has 0 aromatic heterocycles. The minimum atomic E-state index is -1.11. The van der Waals surface area contributed by atoms with E-state index in [4.69, 9.17) is 0 Å². The predicted molar refractivity (Wildman–Crippen MR) is 66.9 cm³/mol. The molecule has 0 amide bonds. The highest BCUT2D eigenvalue weighted by atomic mass is 32.2. The standard InChI is InChI=1S/C12H19NO2S/c1-2-8-13-9-11(14)10-16(15)12-6-4-3-5-7-12/h3-7,11,13-14H,2,8-10H2,1H3. The molecule has 2 N–H and O–H groups in total. The zero-order chi connectivity index (χ0) is 11.8. The molecule has 1 aromatic rings. The van der Waals surface area contributed by atoms with Crippen molar-refractivity contribution in [3.05, 3.63) is 30.3 Å². The lowest BCUT2D eigenvalue weighted by molar-refractivity contribution is 0.195. The summed E-state index contributed by atoms with van der Waals surface area (Å²) in [6, 6.07) is 9.24. The van der Waals surface area contributed by atoms with E-state index < -0.39 is 16.9 Å². The van der Waals surface area contributed by atoms with Gasteiger partial charge in [-0.05, 0) is 25.1 Å². The van der Waals surface area contributed by atoms with Gasteiger partial charge in [-0.2, -0.15) is 0 Å². The monoisotopic (exact) mass is 241 g/mol. The molecular formula is C12H19NO2S. The maximum absolute atomic E-state index is 11.8. The zero-order valence-electron chi connectivity index (χ0n) is 9.56. The molecule has 0 heterocycles. The summed E-state index contributed by atoms with van der Waals surface area (Å²) in [7, 11) is -1.11. The van der Waals surface area contributed by atoms with Crippen molar-refractivity contribution >= 4 is 10.8 Å². The van der Waals surface area contributed by atoms with Crippen molar-refractivity contribution in [2.24, 2.45) is 0 Å². The average molecular weight is 241 g/mol. The lowest BCUT2D eigenvalue weighted by Crippen LogP contribution is -2.31. The molecular weight excluding hydrogens is 222 g/mol. The van der Waals surface area contributed by atoms with E-state index in [1.165, 1.54) is 0 Å². The molecule has 4 heteroatoms. The Balaban J connectivity index is 2.34. The lowest BCUT2D eigenvalue weighted by Gasteiger charge is -2.10. The molecule has 0 aliphatic heterocycles. The van der Waals surface area contributed by atoms with E-state index in [1.807, 2.05) is 30.3 Å². The second kappa shape index (κ2) is 7.54. The fourth-order valence-electron chi connectivity index (χ4n) is 1.35. The van der Waals surface area contributed by atoms with Crippen LogP contribution in [-0.2, 0) is 10.8 Å². The van der Waals surface area contributed by atoms with Crippen LogP contribution >= 0.6 is 0 Å². The number of benzene rings is 1. The molecule has 1 rings (SSSR count). The fourth-order valence-corrected chi connectivity index (χ4v) is 2.47. The van der Waals surface area contributed by atoms with Crippen molar-refractivity contribution in [3.8, 4) is 0 Å². The Bertz CT molecular complexity index is 316. The van der Waals surface area contributed by atoms with Crippen LogP contribution in [0.25, 0.3) is 0 Å². The Labute approximate surface area is 99.3 Å². The Morgan fingerprint density at radius 1 is 1.38 bits per heavy atom. The van der Waals surface area contributed by atoms with E-state index in [9.17, 15) is 9.32 Å². The van der Waals surface area contributed by atoms with Gasteiger partial charge in [-0.15, -0.1) is 0 Å². The van der Waals surface area contributed by atoms with Gasteiger partial charge in [-0.3, -0.25) is 4.21 Å².